The lowest BCUT2D eigenvalue weighted by molar-refractivity contribution is 0.128. The molecule has 0 saturated heterocycles. The van der Waals surface area contributed by atoms with Crippen molar-refractivity contribution in [3.8, 4) is 5.75 Å². The van der Waals surface area contributed by atoms with Crippen LogP contribution in [0.3, 0.4) is 0 Å². The van der Waals surface area contributed by atoms with Crippen molar-refractivity contribution in [2.75, 3.05) is 20.2 Å². The Morgan fingerprint density at radius 3 is 2.39 bits per heavy atom. The average Bonchev–Trinajstić information content (AvgIpc) is 2.48. The van der Waals surface area contributed by atoms with Gasteiger partial charge in [0.25, 0.3) is 0 Å². The molecule has 0 aromatic heterocycles. The maximum Gasteiger partial charge on any atom is 0.123 e. The molecule has 0 heterocycles. The van der Waals surface area contributed by atoms with E-state index in [1.165, 1.54) is 0 Å². The topological polar surface area (TPSA) is 67.5 Å². The predicted octanol–water partition coefficient (Wildman–Crippen LogP) is 2.99. The van der Waals surface area contributed by atoms with Crippen molar-refractivity contribution in [3.63, 3.8) is 0 Å². The summed E-state index contributed by atoms with van der Waals surface area (Å²) in [4.78, 5) is 0. The van der Waals surface area contributed by atoms with E-state index in [4.69, 9.17) is 10.5 Å². The van der Waals surface area contributed by atoms with Crippen LogP contribution in [0.25, 0.3) is 0 Å². The van der Waals surface area contributed by atoms with E-state index in [1.54, 1.807) is 0 Å². The molecule has 0 aliphatic heterocycles. The Balaban J connectivity index is 3.12. The Morgan fingerprint density at radius 2 is 1.91 bits per heavy atom. The summed E-state index contributed by atoms with van der Waals surface area (Å²) in [5.41, 5.74) is 7.62. The number of hydrogen-bond donors (Lipinski definition) is 3. The highest BCUT2D eigenvalue weighted by molar-refractivity contribution is 5.42. The molecule has 2 unspecified atom stereocenters. The average molecular weight is 322 g/mol. The molecule has 4 nitrogen and oxygen atoms in total. The fourth-order valence-corrected chi connectivity index (χ4v) is 2.57. The summed E-state index contributed by atoms with van der Waals surface area (Å²) in [6.45, 7) is 12.0. The van der Waals surface area contributed by atoms with Gasteiger partial charge in [-0.25, -0.2) is 0 Å². The van der Waals surface area contributed by atoms with Crippen LogP contribution in [0.5, 0.6) is 5.75 Å². The predicted molar refractivity (Wildman–Crippen MR) is 97.0 cm³/mol. The molecule has 0 aliphatic carbocycles. The van der Waals surface area contributed by atoms with Gasteiger partial charge in [0, 0.05) is 6.04 Å². The zero-order valence-electron chi connectivity index (χ0n) is 15.5. The minimum atomic E-state index is -0.580. The molecule has 1 aromatic rings. The molecule has 2 atom stereocenters. The second kappa shape index (κ2) is 8.67. The third-order valence-electron chi connectivity index (χ3n) is 3.95. The first-order valence-corrected chi connectivity index (χ1v) is 8.53. The number of nitrogens with two attached hydrogens (primary N) is 1. The van der Waals surface area contributed by atoms with Gasteiger partial charge in [-0.1, -0.05) is 40.7 Å². The van der Waals surface area contributed by atoms with Gasteiger partial charge in [-0.15, -0.1) is 0 Å². The number of aliphatic hydroxyl groups is 1. The van der Waals surface area contributed by atoms with Crippen molar-refractivity contribution in [1.82, 2.24) is 5.32 Å². The third kappa shape index (κ3) is 5.79. The maximum atomic E-state index is 10.7. The fraction of sp³-hybridized carbons (Fsp3) is 0.684. The van der Waals surface area contributed by atoms with Gasteiger partial charge in [0.05, 0.1) is 12.7 Å². The Kier molecular flexibility index (Phi) is 7.52. The van der Waals surface area contributed by atoms with Crippen LogP contribution >= 0.6 is 0 Å². The van der Waals surface area contributed by atoms with E-state index in [9.17, 15) is 5.11 Å². The highest BCUT2D eigenvalue weighted by atomic mass is 16.5. The number of rotatable bonds is 8. The molecular weight excluding hydrogens is 288 g/mol. The van der Waals surface area contributed by atoms with Gasteiger partial charge in [-0.2, -0.15) is 0 Å². The maximum absolute atomic E-state index is 10.7. The zero-order valence-corrected chi connectivity index (χ0v) is 15.5. The Hall–Kier alpha value is -1.10. The van der Waals surface area contributed by atoms with Crippen molar-refractivity contribution in [2.45, 2.75) is 58.6 Å². The second-order valence-corrected chi connectivity index (χ2v) is 7.63. The number of benzene rings is 1. The quantitative estimate of drug-likeness (QED) is 0.688. The molecule has 1 aromatic carbocycles. The molecule has 0 saturated carbocycles. The number of likely N-dealkylation sites (N-methyl/N-ethyl adjacent to an activating group) is 1. The van der Waals surface area contributed by atoms with Crippen LogP contribution in [0.2, 0.25) is 0 Å². The normalized spacial score (nSPS) is 14.8. The van der Waals surface area contributed by atoms with Crippen molar-refractivity contribution in [1.29, 1.82) is 0 Å². The molecule has 4 N–H and O–H groups in total. The van der Waals surface area contributed by atoms with Crippen molar-refractivity contribution in [2.24, 2.45) is 11.7 Å². The van der Waals surface area contributed by atoms with Crippen molar-refractivity contribution >= 4 is 0 Å². The zero-order chi connectivity index (χ0) is 17.6. The van der Waals surface area contributed by atoms with E-state index < -0.39 is 6.10 Å². The molecule has 132 valence electrons. The van der Waals surface area contributed by atoms with E-state index >= 15 is 0 Å². The number of ether oxygens (including phenoxy) is 1. The third-order valence-corrected chi connectivity index (χ3v) is 3.95. The van der Waals surface area contributed by atoms with Gasteiger partial charge in [0.15, 0.2) is 0 Å². The molecule has 1 rings (SSSR count). The van der Waals surface area contributed by atoms with E-state index in [-0.39, 0.29) is 11.5 Å². The van der Waals surface area contributed by atoms with Crippen molar-refractivity contribution in [3.05, 3.63) is 29.3 Å². The Bertz CT molecular complexity index is 481. The highest BCUT2D eigenvalue weighted by Gasteiger charge is 2.24. The lowest BCUT2D eigenvalue weighted by atomic mass is 9.84. The summed E-state index contributed by atoms with van der Waals surface area (Å²) >= 11 is 0. The van der Waals surface area contributed by atoms with Crippen LogP contribution in [0.1, 0.15) is 58.3 Å². The molecule has 0 radical (unpaired) electrons. The van der Waals surface area contributed by atoms with Gasteiger partial charge in [0.1, 0.15) is 5.75 Å². The summed E-state index contributed by atoms with van der Waals surface area (Å²) in [7, 11) is 1.86. The summed E-state index contributed by atoms with van der Waals surface area (Å²) in [5, 5.41) is 13.8. The highest BCUT2D eigenvalue weighted by Crippen LogP contribution is 2.34. The second-order valence-electron chi connectivity index (χ2n) is 7.63. The molecular formula is C19H34N2O2. The molecule has 0 fully saturated rings. The van der Waals surface area contributed by atoms with E-state index in [0.717, 1.165) is 23.3 Å². The molecule has 0 spiro atoms. The molecule has 4 heteroatoms. The SMILES string of the molecule is CNC(CCN)C(O)c1ccc(OCC(C)C)c(C(C)(C)C)c1. The van der Waals surface area contributed by atoms with Crippen LogP contribution in [0.15, 0.2) is 18.2 Å². The summed E-state index contributed by atoms with van der Waals surface area (Å²) in [6.07, 6.45) is 0.150. The van der Waals surface area contributed by atoms with Gasteiger partial charge < -0.3 is 20.9 Å². The standard InChI is InChI=1S/C19H34N2O2/c1-13(2)12-23-17-8-7-14(11-15(17)19(3,4)5)18(22)16(21-6)9-10-20/h7-8,11,13,16,18,21-22H,9-10,12,20H2,1-6H3. The number of hydrogen-bond acceptors (Lipinski definition) is 4. The van der Waals surface area contributed by atoms with Gasteiger partial charge in [0.2, 0.25) is 0 Å². The first kappa shape index (κ1) is 19.9. The Labute approximate surface area is 141 Å². The van der Waals surface area contributed by atoms with Crippen LogP contribution in [-0.4, -0.2) is 31.3 Å². The van der Waals surface area contributed by atoms with Gasteiger partial charge in [-0.05, 0) is 54.6 Å². The molecule has 0 aliphatic rings. The van der Waals surface area contributed by atoms with Crippen LogP contribution in [0.4, 0.5) is 0 Å². The minimum absolute atomic E-state index is 0.0461. The van der Waals surface area contributed by atoms with Crippen molar-refractivity contribution < 1.29 is 9.84 Å². The van der Waals surface area contributed by atoms with Gasteiger partial charge >= 0.3 is 0 Å². The van der Waals surface area contributed by atoms with Crippen LogP contribution in [0, 0.1) is 5.92 Å². The van der Waals surface area contributed by atoms with Crippen LogP contribution < -0.4 is 15.8 Å². The fourth-order valence-electron chi connectivity index (χ4n) is 2.57. The van der Waals surface area contributed by atoms with E-state index in [2.05, 4.69) is 46.0 Å². The summed E-state index contributed by atoms with van der Waals surface area (Å²) in [6, 6.07) is 5.96. The number of nitrogens with one attached hydrogen (secondary N) is 1. The first-order valence-electron chi connectivity index (χ1n) is 8.53. The molecule has 0 amide bonds. The minimum Gasteiger partial charge on any atom is -0.493 e. The number of aliphatic hydroxyl groups excluding tert-OH is 1. The molecule has 23 heavy (non-hydrogen) atoms. The lowest BCUT2D eigenvalue weighted by Crippen LogP contribution is -2.34. The summed E-state index contributed by atoms with van der Waals surface area (Å²) < 4.78 is 5.98. The van der Waals surface area contributed by atoms with E-state index in [0.29, 0.717) is 19.1 Å². The Morgan fingerprint density at radius 1 is 1.26 bits per heavy atom. The van der Waals surface area contributed by atoms with Crippen LogP contribution in [-0.2, 0) is 5.41 Å². The molecule has 0 bridgehead atoms. The first-order chi connectivity index (χ1) is 10.7. The smallest absolute Gasteiger partial charge is 0.123 e. The van der Waals surface area contributed by atoms with E-state index in [1.807, 2.05) is 19.2 Å². The lowest BCUT2D eigenvalue weighted by Gasteiger charge is -2.27. The largest absolute Gasteiger partial charge is 0.493 e. The monoisotopic (exact) mass is 322 g/mol. The van der Waals surface area contributed by atoms with Gasteiger partial charge in [-0.3, -0.25) is 0 Å². The summed E-state index contributed by atoms with van der Waals surface area (Å²) in [5.74, 6) is 1.38.